The molecular weight excluding hydrogens is 379 g/mol. The van der Waals surface area contributed by atoms with Gasteiger partial charge in [-0.1, -0.05) is 0 Å². The first kappa shape index (κ1) is 14.2. The molecule has 21 heavy (non-hydrogen) atoms. The van der Waals surface area contributed by atoms with E-state index in [9.17, 15) is 4.79 Å². The van der Waals surface area contributed by atoms with Gasteiger partial charge >= 0.3 is 0 Å². The molecule has 0 unspecified atom stereocenters. The van der Waals surface area contributed by atoms with Gasteiger partial charge in [-0.3, -0.25) is 4.79 Å². The second-order valence-corrected chi connectivity index (χ2v) is 6.16. The summed E-state index contributed by atoms with van der Waals surface area (Å²) < 4.78 is 1.10. The summed E-state index contributed by atoms with van der Waals surface area (Å²) in [7, 11) is 0. The quantitative estimate of drug-likeness (QED) is 0.814. The van der Waals surface area contributed by atoms with E-state index in [-0.39, 0.29) is 5.91 Å². The molecule has 1 amide bonds. The third-order valence-electron chi connectivity index (χ3n) is 3.43. The third-order valence-corrected chi connectivity index (χ3v) is 4.15. The summed E-state index contributed by atoms with van der Waals surface area (Å²) in [6, 6.07) is 9.26. The van der Waals surface area contributed by atoms with Crippen LogP contribution in [-0.2, 0) is 0 Å². The maximum atomic E-state index is 12.2. The van der Waals surface area contributed by atoms with E-state index in [1.54, 1.807) is 12.1 Å². The molecule has 108 valence electrons. The second kappa shape index (κ2) is 6.38. The minimum absolute atomic E-state index is 0.155. The molecule has 1 aromatic heterocycles. The largest absolute Gasteiger partial charge is 0.356 e. The molecule has 2 heterocycles. The van der Waals surface area contributed by atoms with Crippen LogP contribution >= 0.6 is 22.6 Å². The number of nitrogens with one attached hydrogen (secondary N) is 1. The molecule has 3 rings (SSSR count). The number of hydrogen-bond acceptors (Lipinski definition) is 4. The Kier molecular flexibility index (Phi) is 4.33. The van der Waals surface area contributed by atoms with Gasteiger partial charge in [-0.15, -0.1) is 0 Å². The lowest BCUT2D eigenvalue weighted by molar-refractivity contribution is 0.102. The molecule has 1 aromatic carbocycles. The molecule has 1 aliphatic rings. The Morgan fingerprint density at radius 1 is 1.14 bits per heavy atom. The molecular formula is C15H15IN4O. The summed E-state index contributed by atoms with van der Waals surface area (Å²) in [4.78, 5) is 22.8. The van der Waals surface area contributed by atoms with Gasteiger partial charge in [-0.2, -0.15) is 0 Å². The van der Waals surface area contributed by atoms with Crippen molar-refractivity contribution in [1.82, 2.24) is 9.97 Å². The number of carbonyl (C=O) groups excluding carboxylic acids is 1. The first-order chi connectivity index (χ1) is 10.2. The van der Waals surface area contributed by atoms with E-state index in [2.05, 4.69) is 42.8 Å². The van der Waals surface area contributed by atoms with E-state index in [0.29, 0.717) is 11.4 Å². The van der Waals surface area contributed by atoms with Crippen LogP contribution in [0.25, 0.3) is 0 Å². The number of nitrogens with zero attached hydrogens (tertiary/aromatic N) is 3. The van der Waals surface area contributed by atoms with Crippen LogP contribution in [-0.4, -0.2) is 29.0 Å². The summed E-state index contributed by atoms with van der Waals surface area (Å²) in [5.74, 6) is 1.26. The number of benzene rings is 1. The number of anilines is 2. The Morgan fingerprint density at radius 2 is 1.86 bits per heavy atom. The molecule has 1 saturated heterocycles. The Hall–Kier alpha value is -1.70. The zero-order valence-corrected chi connectivity index (χ0v) is 13.6. The van der Waals surface area contributed by atoms with Crippen molar-refractivity contribution >= 4 is 40.1 Å². The van der Waals surface area contributed by atoms with E-state index in [4.69, 9.17) is 0 Å². The van der Waals surface area contributed by atoms with Crippen LogP contribution in [0.5, 0.6) is 0 Å². The smallest absolute Gasteiger partial charge is 0.256 e. The summed E-state index contributed by atoms with van der Waals surface area (Å²) in [6.45, 7) is 2.03. The van der Waals surface area contributed by atoms with Gasteiger partial charge in [0.15, 0.2) is 0 Å². The van der Waals surface area contributed by atoms with Crippen molar-refractivity contribution in [3.8, 4) is 0 Å². The van der Waals surface area contributed by atoms with Crippen molar-refractivity contribution in [2.45, 2.75) is 12.8 Å². The van der Waals surface area contributed by atoms with E-state index in [1.165, 1.54) is 19.2 Å². The highest BCUT2D eigenvalue weighted by atomic mass is 127. The zero-order valence-electron chi connectivity index (χ0n) is 11.4. The number of carbonyl (C=O) groups is 1. The van der Waals surface area contributed by atoms with Crippen molar-refractivity contribution in [3.05, 3.63) is 45.8 Å². The fourth-order valence-electron chi connectivity index (χ4n) is 2.32. The highest BCUT2D eigenvalue weighted by Gasteiger charge is 2.15. The molecule has 5 nitrogen and oxygen atoms in total. The molecule has 6 heteroatoms. The van der Waals surface area contributed by atoms with Crippen LogP contribution in [0, 0.1) is 3.57 Å². The molecule has 0 radical (unpaired) electrons. The van der Waals surface area contributed by atoms with Crippen LogP contribution < -0.4 is 10.2 Å². The van der Waals surface area contributed by atoms with Crippen LogP contribution in [0.1, 0.15) is 23.2 Å². The molecule has 0 spiro atoms. The topological polar surface area (TPSA) is 58.1 Å². The Morgan fingerprint density at radius 3 is 2.57 bits per heavy atom. The van der Waals surface area contributed by atoms with Gasteiger partial charge < -0.3 is 10.2 Å². The van der Waals surface area contributed by atoms with Gasteiger partial charge in [0.2, 0.25) is 0 Å². The van der Waals surface area contributed by atoms with E-state index < -0.39 is 0 Å². The summed E-state index contributed by atoms with van der Waals surface area (Å²) in [5, 5.41) is 2.82. The highest BCUT2D eigenvalue weighted by Crippen LogP contribution is 2.19. The first-order valence-corrected chi connectivity index (χ1v) is 7.94. The maximum Gasteiger partial charge on any atom is 0.256 e. The molecule has 0 aliphatic carbocycles. The molecule has 0 saturated carbocycles. The summed E-state index contributed by atoms with van der Waals surface area (Å²) >= 11 is 2.21. The number of rotatable bonds is 3. The number of amides is 1. The Labute approximate surface area is 136 Å². The van der Waals surface area contributed by atoms with Gasteiger partial charge in [-0.25, -0.2) is 9.97 Å². The second-order valence-electron chi connectivity index (χ2n) is 4.92. The molecule has 0 bridgehead atoms. The lowest BCUT2D eigenvalue weighted by Crippen LogP contribution is -2.20. The molecule has 1 N–H and O–H groups in total. The maximum absolute atomic E-state index is 12.2. The number of hydrogen-bond donors (Lipinski definition) is 1. The minimum atomic E-state index is -0.155. The van der Waals surface area contributed by atoms with Crippen molar-refractivity contribution in [3.63, 3.8) is 0 Å². The van der Waals surface area contributed by atoms with Crippen LogP contribution in [0.15, 0.2) is 36.7 Å². The minimum Gasteiger partial charge on any atom is -0.356 e. The SMILES string of the molecule is O=C(Nc1cc(N2CCCC2)ncn1)c1ccc(I)cc1. The van der Waals surface area contributed by atoms with E-state index >= 15 is 0 Å². The van der Waals surface area contributed by atoms with Gasteiger partial charge in [0.1, 0.15) is 18.0 Å². The summed E-state index contributed by atoms with van der Waals surface area (Å²) in [6.07, 6.45) is 3.87. The van der Waals surface area contributed by atoms with Gasteiger partial charge in [0.25, 0.3) is 5.91 Å². The lowest BCUT2D eigenvalue weighted by Gasteiger charge is -2.16. The predicted octanol–water partition coefficient (Wildman–Crippen LogP) is 2.93. The Bertz CT molecular complexity index is 638. The van der Waals surface area contributed by atoms with E-state index in [0.717, 1.165) is 22.5 Å². The Balaban J connectivity index is 1.73. The van der Waals surface area contributed by atoms with E-state index in [1.807, 2.05) is 18.2 Å². The first-order valence-electron chi connectivity index (χ1n) is 6.86. The average Bonchev–Trinajstić information content (AvgIpc) is 3.02. The van der Waals surface area contributed by atoms with Crippen molar-refractivity contribution in [2.24, 2.45) is 0 Å². The highest BCUT2D eigenvalue weighted by molar-refractivity contribution is 14.1. The molecule has 1 aliphatic heterocycles. The van der Waals surface area contributed by atoms with Crippen LogP contribution in [0.4, 0.5) is 11.6 Å². The molecule has 1 fully saturated rings. The predicted molar refractivity (Wildman–Crippen MR) is 90.6 cm³/mol. The van der Waals surface area contributed by atoms with Crippen LogP contribution in [0.2, 0.25) is 0 Å². The van der Waals surface area contributed by atoms with Crippen molar-refractivity contribution in [2.75, 3.05) is 23.3 Å². The van der Waals surface area contributed by atoms with Gasteiger partial charge in [0, 0.05) is 28.3 Å². The van der Waals surface area contributed by atoms with Crippen LogP contribution in [0.3, 0.4) is 0 Å². The molecule has 0 atom stereocenters. The zero-order chi connectivity index (χ0) is 14.7. The third kappa shape index (κ3) is 3.49. The normalized spacial score (nSPS) is 14.2. The fourth-order valence-corrected chi connectivity index (χ4v) is 2.68. The van der Waals surface area contributed by atoms with Gasteiger partial charge in [0.05, 0.1) is 0 Å². The molecule has 2 aromatic rings. The fraction of sp³-hybridized carbons (Fsp3) is 0.267. The van der Waals surface area contributed by atoms with Crippen molar-refractivity contribution < 1.29 is 4.79 Å². The summed E-state index contributed by atoms with van der Waals surface area (Å²) in [5.41, 5.74) is 0.622. The lowest BCUT2D eigenvalue weighted by atomic mass is 10.2. The number of halogens is 1. The number of aromatic nitrogens is 2. The standard InChI is InChI=1S/C15H15IN4O/c16-12-5-3-11(4-6-12)15(21)19-13-9-14(18-10-17-13)20-7-1-2-8-20/h3-6,9-10H,1-2,7-8H2,(H,17,18,19,21). The van der Waals surface area contributed by atoms with Crippen molar-refractivity contribution in [1.29, 1.82) is 0 Å². The monoisotopic (exact) mass is 394 g/mol. The van der Waals surface area contributed by atoms with Gasteiger partial charge in [-0.05, 0) is 59.7 Å². The average molecular weight is 394 g/mol.